The molecule has 1 fully saturated rings. The number of amidine groups is 1. The van der Waals surface area contributed by atoms with Gasteiger partial charge in [0.1, 0.15) is 12.1 Å². The molecule has 0 unspecified atom stereocenters. The van der Waals surface area contributed by atoms with E-state index in [9.17, 15) is 19.5 Å². The molecule has 0 spiro atoms. The summed E-state index contributed by atoms with van der Waals surface area (Å²) < 4.78 is 10.6. The molecule has 1 aliphatic heterocycles. The lowest BCUT2D eigenvalue weighted by Gasteiger charge is -2.28. The van der Waals surface area contributed by atoms with Crippen molar-refractivity contribution in [3.63, 3.8) is 0 Å². The molecule has 2 atom stereocenters. The predicted octanol–water partition coefficient (Wildman–Crippen LogP) is 5.00. The van der Waals surface area contributed by atoms with Crippen LogP contribution in [0.5, 0.6) is 17.2 Å². The standard InChI is InChI=1S/C38H39N5O6S/c1-48-31-21-25(22-32(49-2)34(31)44)23-33-37(47)43(38(50-33)41-28-12-7-4-8-13-28)30(14-9-19-39)36(46)42-29(35(40)45)20-24-15-17-27(18-16-24)26-10-5-3-6-11-26/h3-8,10-13,15-18,21-23,29-30,44H,9,14,19-20,39H2,1-2H3,(H2,40,45)(H,42,46)/b33-23-,41-38?/t29-,30-/m0/s1. The van der Waals surface area contributed by atoms with E-state index in [2.05, 4.69) is 5.32 Å². The summed E-state index contributed by atoms with van der Waals surface area (Å²) in [5, 5.41) is 13.5. The molecule has 0 radical (unpaired) electrons. The minimum Gasteiger partial charge on any atom is -0.502 e. The molecule has 50 heavy (non-hydrogen) atoms. The van der Waals surface area contributed by atoms with Crippen molar-refractivity contribution < 1.29 is 29.0 Å². The van der Waals surface area contributed by atoms with Crippen molar-refractivity contribution in [2.75, 3.05) is 20.8 Å². The average molecular weight is 694 g/mol. The topological polar surface area (TPSA) is 170 Å². The van der Waals surface area contributed by atoms with Crippen molar-refractivity contribution in [3.8, 4) is 28.4 Å². The molecule has 0 bridgehead atoms. The van der Waals surface area contributed by atoms with Crippen LogP contribution in [0, 0.1) is 0 Å². The van der Waals surface area contributed by atoms with Gasteiger partial charge in [0.2, 0.25) is 17.6 Å². The Balaban J connectivity index is 1.46. The largest absolute Gasteiger partial charge is 0.502 e. The Kier molecular flexibility index (Phi) is 11.9. The van der Waals surface area contributed by atoms with E-state index in [4.69, 9.17) is 25.9 Å². The highest BCUT2D eigenvalue weighted by molar-refractivity contribution is 8.18. The number of hydrogen-bond acceptors (Lipinski definition) is 9. The number of hydrogen-bond donors (Lipinski definition) is 4. The second-order valence-electron chi connectivity index (χ2n) is 11.5. The maximum atomic E-state index is 14.2. The SMILES string of the molecule is COc1cc(/C=C2\SC(=Nc3ccccc3)N([C@@H](CCCN)C(=O)N[C@@H](Cc3ccc(-c4ccccc4)cc3)C(N)=O)C2=O)cc(OC)c1O. The molecule has 1 saturated heterocycles. The van der Waals surface area contributed by atoms with Crippen LogP contribution in [0.1, 0.15) is 24.0 Å². The zero-order valence-corrected chi connectivity index (χ0v) is 28.6. The zero-order valence-electron chi connectivity index (χ0n) is 27.7. The monoisotopic (exact) mass is 693 g/mol. The van der Waals surface area contributed by atoms with Gasteiger partial charge >= 0.3 is 0 Å². The van der Waals surface area contributed by atoms with E-state index in [0.717, 1.165) is 28.5 Å². The van der Waals surface area contributed by atoms with Gasteiger partial charge in [0.05, 0.1) is 24.8 Å². The van der Waals surface area contributed by atoms with Gasteiger partial charge < -0.3 is 31.4 Å². The third kappa shape index (κ3) is 8.52. The van der Waals surface area contributed by atoms with Crippen LogP contribution < -0.4 is 26.3 Å². The Morgan fingerprint density at radius 3 is 2.12 bits per heavy atom. The van der Waals surface area contributed by atoms with Crippen LogP contribution >= 0.6 is 11.8 Å². The van der Waals surface area contributed by atoms with Crippen LogP contribution in [0.4, 0.5) is 5.69 Å². The number of phenolic OH excluding ortho intramolecular Hbond substituents is 1. The fourth-order valence-corrected chi connectivity index (χ4v) is 6.52. The van der Waals surface area contributed by atoms with Crippen molar-refractivity contribution in [2.45, 2.75) is 31.3 Å². The molecule has 1 aliphatic rings. The Hall–Kier alpha value is -5.59. The minimum atomic E-state index is -1.06. The molecule has 0 aromatic heterocycles. The van der Waals surface area contributed by atoms with Crippen LogP contribution in [0.2, 0.25) is 0 Å². The molecule has 4 aromatic rings. The molecule has 258 valence electrons. The fourth-order valence-electron chi connectivity index (χ4n) is 5.48. The third-order valence-electron chi connectivity index (χ3n) is 8.07. The zero-order chi connectivity index (χ0) is 35.6. The first-order valence-electron chi connectivity index (χ1n) is 16.0. The number of carbonyl (C=O) groups is 3. The first-order chi connectivity index (χ1) is 24.2. The van der Waals surface area contributed by atoms with Gasteiger partial charge in [-0.1, -0.05) is 72.8 Å². The number of rotatable bonds is 14. The lowest BCUT2D eigenvalue weighted by Crippen LogP contribution is -2.54. The number of nitrogens with one attached hydrogen (secondary N) is 1. The number of primary amides is 1. The van der Waals surface area contributed by atoms with Crippen LogP contribution in [0.15, 0.2) is 107 Å². The molecular formula is C38H39N5O6S. The first-order valence-corrected chi connectivity index (χ1v) is 16.8. The average Bonchev–Trinajstić information content (AvgIpc) is 3.42. The molecule has 0 aliphatic carbocycles. The lowest BCUT2D eigenvalue weighted by molar-refractivity contribution is -0.134. The van der Waals surface area contributed by atoms with Gasteiger partial charge in [0.25, 0.3) is 5.91 Å². The molecule has 11 nitrogen and oxygen atoms in total. The third-order valence-corrected chi connectivity index (χ3v) is 9.06. The Labute approximate surface area is 295 Å². The lowest BCUT2D eigenvalue weighted by atomic mass is 10.00. The normalized spacial score (nSPS) is 15.6. The second kappa shape index (κ2) is 16.7. The Morgan fingerprint density at radius 1 is 0.940 bits per heavy atom. The molecule has 5 rings (SSSR count). The van der Waals surface area contributed by atoms with Crippen LogP contribution in [-0.2, 0) is 20.8 Å². The van der Waals surface area contributed by atoms with Gasteiger partial charge in [-0.2, -0.15) is 0 Å². The van der Waals surface area contributed by atoms with E-state index < -0.39 is 29.8 Å². The molecule has 12 heteroatoms. The molecule has 3 amide bonds. The number of benzene rings is 4. The van der Waals surface area contributed by atoms with Crippen LogP contribution in [0.3, 0.4) is 0 Å². The number of methoxy groups -OCH3 is 2. The van der Waals surface area contributed by atoms with E-state index >= 15 is 0 Å². The number of aromatic hydroxyl groups is 1. The highest BCUT2D eigenvalue weighted by Crippen LogP contribution is 2.40. The highest BCUT2D eigenvalue weighted by Gasteiger charge is 2.42. The molecule has 1 heterocycles. The van der Waals surface area contributed by atoms with E-state index in [1.165, 1.54) is 19.1 Å². The fraction of sp³-hybridized carbons (Fsp3) is 0.211. The quantitative estimate of drug-likeness (QED) is 0.134. The van der Waals surface area contributed by atoms with Gasteiger partial charge in [0, 0.05) is 6.42 Å². The number of nitrogens with two attached hydrogens (primary N) is 2. The van der Waals surface area contributed by atoms with E-state index in [0.29, 0.717) is 17.7 Å². The maximum absolute atomic E-state index is 14.2. The summed E-state index contributed by atoms with van der Waals surface area (Å²) >= 11 is 1.09. The number of aliphatic imine (C=N–C) groups is 1. The summed E-state index contributed by atoms with van der Waals surface area (Å²) in [4.78, 5) is 47.3. The van der Waals surface area contributed by atoms with Crippen LogP contribution in [0.25, 0.3) is 17.2 Å². The predicted molar refractivity (Wildman–Crippen MR) is 196 cm³/mol. The van der Waals surface area contributed by atoms with E-state index in [1.54, 1.807) is 30.3 Å². The Bertz CT molecular complexity index is 1860. The molecule has 4 aromatic carbocycles. The van der Waals surface area contributed by atoms with Crippen molar-refractivity contribution >= 4 is 46.4 Å². The number of phenols is 1. The van der Waals surface area contributed by atoms with Crippen molar-refractivity contribution in [2.24, 2.45) is 16.5 Å². The van der Waals surface area contributed by atoms with Gasteiger partial charge in [0.15, 0.2) is 16.7 Å². The summed E-state index contributed by atoms with van der Waals surface area (Å²) in [5.41, 5.74) is 15.6. The number of ether oxygens (including phenoxy) is 2. The second-order valence-corrected chi connectivity index (χ2v) is 12.5. The number of nitrogens with zero attached hydrogens (tertiary/aromatic N) is 2. The van der Waals surface area contributed by atoms with Crippen molar-refractivity contribution in [1.29, 1.82) is 0 Å². The summed E-state index contributed by atoms with van der Waals surface area (Å²) in [7, 11) is 2.82. The van der Waals surface area contributed by atoms with Gasteiger partial charge in [-0.3, -0.25) is 19.3 Å². The van der Waals surface area contributed by atoms with Gasteiger partial charge in [-0.05, 0) is 83.7 Å². The van der Waals surface area contributed by atoms with Crippen LogP contribution in [-0.4, -0.2) is 65.7 Å². The van der Waals surface area contributed by atoms with E-state index in [-0.39, 0.29) is 46.7 Å². The molecular weight excluding hydrogens is 655 g/mol. The van der Waals surface area contributed by atoms with E-state index in [1.807, 2.05) is 72.8 Å². The first kappa shape index (κ1) is 35.7. The summed E-state index contributed by atoms with van der Waals surface area (Å²) in [6.45, 7) is 0.271. The number of para-hydroxylation sites is 1. The highest BCUT2D eigenvalue weighted by atomic mass is 32.2. The number of carbonyl (C=O) groups excluding carboxylic acids is 3. The smallest absolute Gasteiger partial charge is 0.267 e. The van der Waals surface area contributed by atoms with Gasteiger partial charge in [-0.25, -0.2) is 4.99 Å². The summed E-state index contributed by atoms with van der Waals surface area (Å²) in [6, 6.07) is 27.7. The minimum absolute atomic E-state index is 0.156. The molecule has 0 saturated carbocycles. The molecule has 6 N–H and O–H groups in total. The Morgan fingerprint density at radius 2 is 1.54 bits per heavy atom. The number of amides is 3. The van der Waals surface area contributed by atoms with Gasteiger partial charge in [-0.15, -0.1) is 0 Å². The van der Waals surface area contributed by atoms with Crippen molar-refractivity contribution in [3.05, 3.63) is 113 Å². The summed E-state index contributed by atoms with van der Waals surface area (Å²) in [5.74, 6) is -1.60. The van der Waals surface area contributed by atoms with Crippen molar-refractivity contribution in [1.82, 2.24) is 10.2 Å². The summed E-state index contributed by atoms with van der Waals surface area (Å²) in [6.07, 6.45) is 2.39. The number of thioether (sulfide) groups is 1. The maximum Gasteiger partial charge on any atom is 0.267 e.